The van der Waals surface area contributed by atoms with Crippen molar-refractivity contribution in [3.63, 3.8) is 0 Å². The normalized spacial score (nSPS) is 26.7. The molecule has 2 heteroatoms. The molecule has 15 heavy (non-hydrogen) atoms. The maximum atomic E-state index is 11.8. The molecule has 88 valence electrons. The topological polar surface area (TPSA) is 26.3 Å². The van der Waals surface area contributed by atoms with Crippen molar-refractivity contribution in [1.29, 1.82) is 0 Å². The molecule has 2 nitrogen and oxygen atoms in total. The van der Waals surface area contributed by atoms with E-state index in [0.29, 0.717) is 0 Å². The number of hydrogen-bond donors (Lipinski definition) is 0. The fourth-order valence-electron chi connectivity index (χ4n) is 2.37. The van der Waals surface area contributed by atoms with E-state index in [-0.39, 0.29) is 18.0 Å². The van der Waals surface area contributed by atoms with Gasteiger partial charge in [-0.2, -0.15) is 0 Å². The van der Waals surface area contributed by atoms with Gasteiger partial charge in [-0.25, -0.2) is 0 Å². The lowest BCUT2D eigenvalue weighted by atomic mass is 9.88. The number of hydrogen-bond acceptors (Lipinski definition) is 2. The summed E-state index contributed by atoms with van der Waals surface area (Å²) in [6.07, 6.45) is 6.63. The third kappa shape index (κ3) is 3.84. The average molecular weight is 212 g/mol. The van der Waals surface area contributed by atoms with Crippen molar-refractivity contribution in [3.8, 4) is 0 Å². The minimum Gasteiger partial charge on any atom is -0.462 e. The molecule has 1 rings (SSSR count). The van der Waals surface area contributed by atoms with E-state index in [2.05, 4.69) is 20.8 Å². The summed E-state index contributed by atoms with van der Waals surface area (Å²) in [6.45, 7) is 6.36. The number of esters is 1. The van der Waals surface area contributed by atoms with Gasteiger partial charge in [-0.1, -0.05) is 27.2 Å². The van der Waals surface area contributed by atoms with Crippen molar-refractivity contribution in [1.82, 2.24) is 0 Å². The van der Waals surface area contributed by atoms with E-state index < -0.39 is 0 Å². The second kappa shape index (κ2) is 6.14. The largest absolute Gasteiger partial charge is 0.462 e. The molecular formula is C13H24O2. The molecule has 0 amide bonds. The van der Waals surface area contributed by atoms with Gasteiger partial charge in [0.05, 0.1) is 5.92 Å². The van der Waals surface area contributed by atoms with Crippen molar-refractivity contribution in [2.75, 3.05) is 0 Å². The molecule has 0 radical (unpaired) electrons. The van der Waals surface area contributed by atoms with Crippen molar-refractivity contribution in [2.45, 2.75) is 65.4 Å². The van der Waals surface area contributed by atoms with E-state index >= 15 is 0 Å². The minimum absolute atomic E-state index is 0.0269. The lowest BCUT2D eigenvalue weighted by molar-refractivity contribution is -0.156. The Kier molecular flexibility index (Phi) is 5.13. The fourth-order valence-corrected chi connectivity index (χ4v) is 2.37. The summed E-state index contributed by atoms with van der Waals surface area (Å²) >= 11 is 0. The summed E-state index contributed by atoms with van der Waals surface area (Å²) in [6, 6.07) is 0. The van der Waals surface area contributed by atoms with Gasteiger partial charge < -0.3 is 4.74 Å². The minimum atomic E-state index is 0.0269. The molecule has 0 heterocycles. The number of ether oxygens (including phenoxy) is 1. The van der Waals surface area contributed by atoms with Crippen LogP contribution in [0.25, 0.3) is 0 Å². The molecule has 2 unspecified atom stereocenters. The van der Waals surface area contributed by atoms with E-state index in [9.17, 15) is 4.79 Å². The SMILES string of the molecule is CCC(CC)C(=O)OC1CCCC(C)C1. The zero-order chi connectivity index (χ0) is 11.3. The molecule has 0 spiro atoms. The first kappa shape index (κ1) is 12.5. The lowest BCUT2D eigenvalue weighted by Crippen LogP contribution is -2.27. The van der Waals surface area contributed by atoms with Crippen LogP contribution in [0, 0.1) is 11.8 Å². The Labute approximate surface area is 93.4 Å². The quantitative estimate of drug-likeness (QED) is 0.666. The van der Waals surface area contributed by atoms with Crippen molar-refractivity contribution < 1.29 is 9.53 Å². The standard InChI is InChI=1S/C13H24O2/c1-4-11(5-2)13(14)15-12-8-6-7-10(3)9-12/h10-12H,4-9H2,1-3H3. The van der Waals surface area contributed by atoms with E-state index in [4.69, 9.17) is 4.74 Å². The molecule has 0 saturated heterocycles. The zero-order valence-corrected chi connectivity index (χ0v) is 10.3. The highest BCUT2D eigenvalue weighted by atomic mass is 16.5. The highest BCUT2D eigenvalue weighted by Gasteiger charge is 2.24. The molecule has 0 aliphatic heterocycles. The fraction of sp³-hybridized carbons (Fsp3) is 0.923. The second-order valence-electron chi connectivity index (χ2n) is 4.84. The van der Waals surface area contributed by atoms with Gasteiger partial charge >= 0.3 is 5.97 Å². The molecule has 0 aromatic rings. The highest BCUT2D eigenvalue weighted by Crippen LogP contribution is 2.26. The molecule has 2 atom stereocenters. The van der Waals surface area contributed by atoms with Gasteiger partial charge in [0.15, 0.2) is 0 Å². The van der Waals surface area contributed by atoms with Crippen molar-refractivity contribution >= 4 is 5.97 Å². The summed E-state index contributed by atoms with van der Waals surface area (Å²) in [4.78, 5) is 11.8. The molecule has 0 bridgehead atoms. The maximum Gasteiger partial charge on any atom is 0.309 e. The van der Waals surface area contributed by atoms with Crippen LogP contribution in [-0.4, -0.2) is 12.1 Å². The van der Waals surface area contributed by atoms with E-state index in [1.165, 1.54) is 12.8 Å². The Morgan fingerprint density at radius 3 is 2.53 bits per heavy atom. The first-order chi connectivity index (χ1) is 7.17. The summed E-state index contributed by atoms with van der Waals surface area (Å²) < 4.78 is 5.57. The summed E-state index contributed by atoms with van der Waals surface area (Å²) in [5.41, 5.74) is 0. The molecule has 0 N–H and O–H groups in total. The molecule has 1 aliphatic carbocycles. The van der Waals surface area contributed by atoms with Crippen molar-refractivity contribution in [3.05, 3.63) is 0 Å². The van der Waals surface area contributed by atoms with E-state index in [1.54, 1.807) is 0 Å². The molecule has 1 aliphatic rings. The van der Waals surface area contributed by atoms with Crippen LogP contribution in [0.5, 0.6) is 0 Å². The predicted octanol–water partition coefficient (Wildman–Crippen LogP) is 3.54. The van der Waals surface area contributed by atoms with Crippen LogP contribution >= 0.6 is 0 Å². The Hall–Kier alpha value is -0.530. The Morgan fingerprint density at radius 1 is 1.33 bits per heavy atom. The highest BCUT2D eigenvalue weighted by molar-refractivity contribution is 5.72. The van der Waals surface area contributed by atoms with Gasteiger partial charge in [0.2, 0.25) is 0 Å². The predicted molar refractivity (Wildman–Crippen MR) is 61.6 cm³/mol. The molecule has 0 aromatic carbocycles. The first-order valence-corrected chi connectivity index (χ1v) is 6.37. The smallest absolute Gasteiger partial charge is 0.309 e. The monoisotopic (exact) mass is 212 g/mol. The molecular weight excluding hydrogens is 188 g/mol. The summed E-state index contributed by atoms with van der Waals surface area (Å²) in [5, 5.41) is 0. The van der Waals surface area contributed by atoms with E-state index in [1.807, 2.05) is 0 Å². The van der Waals surface area contributed by atoms with Crippen LogP contribution in [0.3, 0.4) is 0 Å². The number of rotatable bonds is 4. The van der Waals surface area contributed by atoms with E-state index in [0.717, 1.165) is 31.6 Å². The van der Waals surface area contributed by atoms with Gasteiger partial charge in [0, 0.05) is 0 Å². The van der Waals surface area contributed by atoms with Crippen LogP contribution in [0.2, 0.25) is 0 Å². The Bertz CT molecular complexity index is 197. The third-order valence-corrected chi connectivity index (χ3v) is 3.49. The zero-order valence-electron chi connectivity index (χ0n) is 10.3. The molecule has 0 aromatic heterocycles. The van der Waals surface area contributed by atoms with Crippen LogP contribution in [0.1, 0.15) is 59.3 Å². The molecule has 1 saturated carbocycles. The number of carbonyl (C=O) groups is 1. The van der Waals surface area contributed by atoms with Crippen LogP contribution < -0.4 is 0 Å². The Balaban J connectivity index is 2.36. The van der Waals surface area contributed by atoms with Gasteiger partial charge in [-0.15, -0.1) is 0 Å². The van der Waals surface area contributed by atoms with Crippen LogP contribution in [-0.2, 0) is 9.53 Å². The number of carbonyl (C=O) groups excluding carboxylic acids is 1. The second-order valence-corrected chi connectivity index (χ2v) is 4.84. The summed E-state index contributed by atoms with van der Waals surface area (Å²) in [5.74, 6) is 0.861. The van der Waals surface area contributed by atoms with Gasteiger partial charge in [0.1, 0.15) is 6.10 Å². The van der Waals surface area contributed by atoms with Gasteiger partial charge in [-0.05, 0) is 38.0 Å². The Morgan fingerprint density at radius 2 is 2.00 bits per heavy atom. The van der Waals surface area contributed by atoms with Crippen molar-refractivity contribution in [2.24, 2.45) is 11.8 Å². The van der Waals surface area contributed by atoms with Crippen LogP contribution in [0.4, 0.5) is 0 Å². The van der Waals surface area contributed by atoms with Crippen LogP contribution in [0.15, 0.2) is 0 Å². The summed E-state index contributed by atoms with van der Waals surface area (Å²) in [7, 11) is 0. The van der Waals surface area contributed by atoms with Gasteiger partial charge in [-0.3, -0.25) is 4.79 Å². The third-order valence-electron chi connectivity index (χ3n) is 3.49. The maximum absolute atomic E-state index is 11.8. The molecule has 1 fully saturated rings. The van der Waals surface area contributed by atoms with Gasteiger partial charge in [0.25, 0.3) is 0 Å². The first-order valence-electron chi connectivity index (χ1n) is 6.37. The average Bonchev–Trinajstić information content (AvgIpc) is 2.19. The lowest BCUT2D eigenvalue weighted by Gasteiger charge is -2.27.